The van der Waals surface area contributed by atoms with Gasteiger partial charge in [-0.1, -0.05) is 91.8 Å². The molecule has 0 bridgehead atoms. The van der Waals surface area contributed by atoms with Crippen molar-refractivity contribution in [3.05, 3.63) is 200 Å². The molecule has 0 radical (unpaired) electrons. The fourth-order valence-electron chi connectivity index (χ4n) is 15.6. The predicted octanol–water partition coefficient (Wildman–Crippen LogP) is 21.9. The maximum absolute atomic E-state index is 2.56. The normalized spacial score (nSPS) is 12.6. The molecule has 4 heteroatoms. The number of anilines is 6. The van der Waals surface area contributed by atoms with Crippen LogP contribution < -0.4 is 9.80 Å². The zero-order valence-corrected chi connectivity index (χ0v) is 48.8. The predicted molar refractivity (Wildman–Crippen MR) is 339 cm³/mol. The number of nitrogens with zero attached hydrogens (tertiary/aromatic N) is 4. The summed E-state index contributed by atoms with van der Waals surface area (Å²) < 4.78 is 5.12. The topological polar surface area (TPSA) is 15.3 Å². The van der Waals surface area contributed by atoms with Crippen molar-refractivity contribution in [3.63, 3.8) is 0 Å². The first kappa shape index (κ1) is 49.7. The van der Waals surface area contributed by atoms with E-state index in [1.807, 2.05) is 0 Å². The fraction of sp³-hybridized carbons (Fsp3) is 0.270. The molecule has 0 aliphatic carbocycles. The van der Waals surface area contributed by atoms with Crippen LogP contribution in [0.3, 0.4) is 0 Å². The second-order valence-corrected chi connectivity index (χ2v) is 24.6. The monoisotopic (exact) mass is 1020 g/mol. The largest absolute Gasteiger partial charge is 0.310 e. The van der Waals surface area contributed by atoms with Gasteiger partial charge in [0.25, 0.3) is 0 Å². The Morgan fingerprint density at radius 3 is 0.744 bits per heavy atom. The molecule has 13 aromatic rings. The lowest BCUT2D eigenvalue weighted by molar-refractivity contribution is 0.844. The lowest BCUT2D eigenvalue weighted by atomic mass is 9.91. The van der Waals surface area contributed by atoms with Crippen LogP contribution in [0.15, 0.2) is 133 Å². The summed E-state index contributed by atoms with van der Waals surface area (Å²) >= 11 is 0. The Morgan fingerprint density at radius 1 is 0.256 bits per heavy atom. The van der Waals surface area contributed by atoms with E-state index in [1.54, 1.807) is 0 Å². The molecule has 0 aliphatic heterocycles. The van der Waals surface area contributed by atoms with Gasteiger partial charge in [0.1, 0.15) is 0 Å². The van der Waals surface area contributed by atoms with Crippen LogP contribution in [0.1, 0.15) is 146 Å². The van der Waals surface area contributed by atoms with Gasteiger partial charge < -0.3 is 18.6 Å². The highest BCUT2D eigenvalue weighted by atomic mass is 15.1. The molecule has 0 unspecified atom stereocenters. The molecule has 4 heterocycles. The summed E-state index contributed by atoms with van der Waals surface area (Å²) in [6, 6.07) is 52.5. The standard InChI is InChI=1S/C74H74N4/c1-39(2)69-43(9)27-53(28-44(69)10)75(54-29-45(11)70(40(3)4)46(12)30-54)51-23-25-65-61(35-51)57-19-17-21-59-63-38-68-64(37-67(63)77(65)73(57)59)60-22-18-20-58-62-36-52(24-26-66(62)78(68)74(58)60)76(55-31-47(13)71(41(5)6)48(14)32-55)56-33-49(15)72(42(7)8)50(16)34-56/h17-42H,1-16H3. The van der Waals surface area contributed by atoms with E-state index < -0.39 is 0 Å². The van der Waals surface area contributed by atoms with E-state index in [2.05, 4.69) is 263 Å². The molecule has 0 saturated carbocycles. The van der Waals surface area contributed by atoms with Gasteiger partial charge in [0.15, 0.2) is 0 Å². The van der Waals surface area contributed by atoms with Crippen molar-refractivity contribution in [3.8, 4) is 0 Å². The highest BCUT2D eigenvalue weighted by molar-refractivity contribution is 6.29. The van der Waals surface area contributed by atoms with E-state index in [1.165, 1.54) is 177 Å². The van der Waals surface area contributed by atoms with E-state index in [-0.39, 0.29) is 0 Å². The van der Waals surface area contributed by atoms with Crippen LogP contribution >= 0.6 is 0 Å². The van der Waals surface area contributed by atoms with E-state index in [0.29, 0.717) is 23.7 Å². The van der Waals surface area contributed by atoms with Crippen molar-refractivity contribution >= 4 is 110 Å². The third-order valence-electron chi connectivity index (χ3n) is 17.9. The molecule has 0 fully saturated rings. The van der Waals surface area contributed by atoms with Gasteiger partial charge >= 0.3 is 0 Å². The maximum Gasteiger partial charge on any atom is 0.0620 e. The van der Waals surface area contributed by atoms with Gasteiger partial charge in [-0.25, -0.2) is 0 Å². The molecule has 0 atom stereocenters. The summed E-state index contributed by atoms with van der Waals surface area (Å²) in [4.78, 5) is 5.01. The van der Waals surface area contributed by atoms with Gasteiger partial charge in [-0.05, 0) is 243 Å². The summed E-state index contributed by atoms with van der Waals surface area (Å²) in [5.41, 5.74) is 31.1. The number of hydrogen-bond donors (Lipinski definition) is 0. The second kappa shape index (κ2) is 17.9. The van der Waals surface area contributed by atoms with E-state index in [0.717, 1.165) is 0 Å². The number of para-hydroxylation sites is 2. The molecule has 4 nitrogen and oxygen atoms in total. The number of benzene rings is 9. The third kappa shape index (κ3) is 7.24. The Kier molecular flexibility index (Phi) is 11.4. The molecule has 9 aromatic carbocycles. The fourth-order valence-corrected chi connectivity index (χ4v) is 15.6. The first-order chi connectivity index (χ1) is 37.3. The van der Waals surface area contributed by atoms with Crippen LogP contribution in [-0.4, -0.2) is 8.80 Å². The van der Waals surface area contributed by atoms with Gasteiger partial charge in [0.2, 0.25) is 0 Å². The number of rotatable bonds is 10. The molecule has 0 saturated heterocycles. The average Bonchev–Trinajstić information content (AvgIpc) is 4.10. The molecule has 4 aromatic heterocycles. The van der Waals surface area contributed by atoms with Crippen molar-refractivity contribution in [2.45, 2.75) is 134 Å². The minimum absolute atomic E-state index is 0.455. The van der Waals surface area contributed by atoms with Crippen molar-refractivity contribution in [1.82, 2.24) is 8.80 Å². The molecule has 0 N–H and O–H groups in total. The summed E-state index contributed by atoms with van der Waals surface area (Å²) in [5.74, 6) is 1.82. The zero-order chi connectivity index (χ0) is 54.7. The van der Waals surface area contributed by atoms with Gasteiger partial charge in [0.05, 0.1) is 33.1 Å². The first-order valence-electron chi connectivity index (χ1n) is 28.7. The van der Waals surface area contributed by atoms with Crippen LogP contribution in [0.2, 0.25) is 0 Å². The Morgan fingerprint density at radius 2 is 0.500 bits per heavy atom. The molecule has 0 amide bonds. The van der Waals surface area contributed by atoms with Gasteiger partial charge in [-0.3, -0.25) is 0 Å². The highest BCUT2D eigenvalue weighted by Gasteiger charge is 2.27. The number of hydrogen-bond acceptors (Lipinski definition) is 2. The van der Waals surface area contributed by atoms with Gasteiger partial charge in [0, 0.05) is 77.2 Å². The maximum atomic E-state index is 2.56. The molecule has 0 aliphatic rings. The van der Waals surface area contributed by atoms with Crippen LogP contribution in [0.5, 0.6) is 0 Å². The van der Waals surface area contributed by atoms with Crippen molar-refractivity contribution < 1.29 is 0 Å². The number of aryl methyl sites for hydroxylation is 8. The number of aromatic nitrogens is 2. The average molecular weight is 1020 g/mol. The zero-order valence-electron chi connectivity index (χ0n) is 48.8. The first-order valence-corrected chi connectivity index (χ1v) is 28.7. The minimum atomic E-state index is 0.455. The Balaban J connectivity index is 1.000. The molecule has 0 spiro atoms. The van der Waals surface area contributed by atoms with Crippen molar-refractivity contribution in [2.75, 3.05) is 9.80 Å². The lowest BCUT2D eigenvalue weighted by Crippen LogP contribution is -2.13. The third-order valence-corrected chi connectivity index (χ3v) is 17.9. The Bertz CT molecular complexity index is 4090. The molecule has 390 valence electrons. The Hall–Kier alpha value is -7.82. The summed E-state index contributed by atoms with van der Waals surface area (Å²) in [7, 11) is 0. The lowest BCUT2D eigenvalue weighted by Gasteiger charge is -2.29. The second-order valence-electron chi connectivity index (χ2n) is 24.6. The molecule has 13 rings (SSSR count). The summed E-state index contributed by atoms with van der Waals surface area (Å²) in [6.45, 7) is 36.8. The molecular weight excluding hydrogens is 945 g/mol. The molecular formula is C74H74N4. The smallest absolute Gasteiger partial charge is 0.0620 e. The van der Waals surface area contributed by atoms with E-state index >= 15 is 0 Å². The Labute approximate surface area is 461 Å². The highest BCUT2D eigenvalue weighted by Crippen LogP contribution is 2.49. The van der Waals surface area contributed by atoms with Crippen LogP contribution in [0, 0.1) is 55.4 Å². The van der Waals surface area contributed by atoms with Crippen LogP contribution in [-0.2, 0) is 0 Å². The SMILES string of the molecule is Cc1cc(N(c2cc(C)c(C(C)C)c(C)c2)c2ccc3c(c2)c2cccc4c5cc6c(cc5n3c24)c2cccc3c4cc(N(c5cc(C)c(C(C)C)c(C)c5)c5cc(C)c(C(C)C)c(C)c5)ccc4n6c32)cc(C)c1C(C)C. The van der Waals surface area contributed by atoms with Crippen LogP contribution in [0.4, 0.5) is 34.1 Å². The van der Waals surface area contributed by atoms with Gasteiger partial charge in [-0.15, -0.1) is 0 Å². The molecule has 78 heavy (non-hydrogen) atoms. The summed E-state index contributed by atoms with van der Waals surface area (Å²) in [5, 5.41) is 10.2. The number of fused-ring (bicyclic) bond motifs is 12. The van der Waals surface area contributed by atoms with Crippen molar-refractivity contribution in [1.29, 1.82) is 0 Å². The minimum Gasteiger partial charge on any atom is -0.310 e. The van der Waals surface area contributed by atoms with Crippen LogP contribution in [0.25, 0.3) is 76.2 Å². The van der Waals surface area contributed by atoms with Crippen molar-refractivity contribution in [2.24, 2.45) is 0 Å². The van der Waals surface area contributed by atoms with E-state index in [4.69, 9.17) is 0 Å². The van der Waals surface area contributed by atoms with E-state index in [9.17, 15) is 0 Å². The quantitative estimate of drug-likeness (QED) is 0.136. The summed E-state index contributed by atoms with van der Waals surface area (Å²) in [6.07, 6.45) is 0. The van der Waals surface area contributed by atoms with Gasteiger partial charge in [-0.2, -0.15) is 0 Å².